The van der Waals surface area contributed by atoms with Gasteiger partial charge in [0, 0.05) is 16.0 Å². The van der Waals surface area contributed by atoms with Crippen LogP contribution in [-0.4, -0.2) is 25.5 Å². The molecule has 21 heavy (non-hydrogen) atoms. The number of methoxy groups -OCH3 is 1. The molecule has 2 aromatic rings. The van der Waals surface area contributed by atoms with Crippen molar-refractivity contribution in [3.05, 3.63) is 38.1 Å². The standard InChI is InChI=1S/C11H8Cl2IN3O3S/c1-20-11-8(4-6(12)5-16-11)21(18,19)17-10-9(13)7(14)2-3-15-10/h2-5H,1H3,(H,15,17). The van der Waals surface area contributed by atoms with Crippen molar-refractivity contribution in [3.8, 4) is 5.88 Å². The number of rotatable bonds is 4. The van der Waals surface area contributed by atoms with Crippen LogP contribution in [0.5, 0.6) is 5.88 Å². The Hall–Kier alpha value is -0.840. The zero-order valence-electron chi connectivity index (χ0n) is 10.5. The SMILES string of the molecule is COc1ncc(Cl)cc1S(=O)(=O)Nc1nccc(I)c1Cl. The molecule has 2 aromatic heterocycles. The Morgan fingerprint density at radius 2 is 2.05 bits per heavy atom. The lowest BCUT2D eigenvalue weighted by Gasteiger charge is -2.11. The lowest BCUT2D eigenvalue weighted by Crippen LogP contribution is -2.16. The Morgan fingerprint density at radius 1 is 1.33 bits per heavy atom. The fourth-order valence-corrected chi connectivity index (χ4v) is 3.45. The van der Waals surface area contributed by atoms with E-state index >= 15 is 0 Å². The number of pyridine rings is 2. The van der Waals surface area contributed by atoms with Crippen LogP contribution in [0.25, 0.3) is 0 Å². The van der Waals surface area contributed by atoms with Gasteiger partial charge in [0.15, 0.2) is 10.7 Å². The number of sulfonamides is 1. The van der Waals surface area contributed by atoms with E-state index in [1.165, 1.54) is 25.6 Å². The second-order valence-corrected chi connectivity index (χ2v) is 7.35. The molecule has 0 radical (unpaired) electrons. The minimum absolute atomic E-state index is 0.0191. The lowest BCUT2D eigenvalue weighted by atomic mass is 10.5. The zero-order valence-corrected chi connectivity index (χ0v) is 15.0. The largest absolute Gasteiger partial charge is 0.480 e. The average Bonchev–Trinajstić information content (AvgIpc) is 2.44. The zero-order chi connectivity index (χ0) is 15.6. The number of nitrogens with zero attached hydrogens (tertiary/aromatic N) is 2. The van der Waals surface area contributed by atoms with Gasteiger partial charge < -0.3 is 4.74 Å². The summed E-state index contributed by atoms with van der Waals surface area (Å²) in [6.45, 7) is 0. The fraction of sp³-hybridized carbons (Fsp3) is 0.0909. The van der Waals surface area contributed by atoms with Crippen molar-refractivity contribution >= 4 is 61.6 Å². The van der Waals surface area contributed by atoms with Crippen LogP contribution < -0.4 is 9.46 Å². The molecule has 0 aliphatic heterocycles. The Balaban J connectivity index is 2.48. The molecule has 0 bridgehead atoms. The maximum absolute atomic E-state index is 12.4. The lowest BCUT2D eigenvalue weighted by molar-refractivity contribution is 0.385. The summed E-state index contributed by atoms with van der Waals surface area (Å²) in [6, 6.07) is 2.89. The van der Waals surface area contributed by atoms with Gasteiger partial charge in [-0.2, -0.15) is 0 Å². The molecule has 0 aliphatic carbocycles. The van der Waals surface area contributed by atoms with Crippen molar-refractivity contribution < 1.29 is 13.2 Å². The van der Waals surface area contributed by atoms with E-state index in [-0.39, 0.29) is 26.6 Å². The molecule has 2 rings (SSSR count). The van der Waals surface area contributed by atoms with Gasteiger partial charge in [-0.1, -0.05) is 23.2 Å². The highest BCUT2D eigenvalue weighted by Crippen LogP contribution is 2.29. The third-order valence-electron chi connectivity index (χ3n) is 2.34. The molecule has 0 fully saturated rings. The molecule has 0 spiro atoms. The first-order valence-electron chi connectivity index (χ1n) is 5.37. The molecular weight excluding hydrogens is 452 g/mol. The number of ether oxygens (including phenoxy) is 1. The predicted molar refractivity (Wildman–Crippen MR) is 88.6 cm³/mol. The molecule has 0 saturated carbocycles. The van der Waals surface area contributed by atoms with Gasteiger partial charge in [0.05, 0.1) is 17.2 Å². The third kappa shape index (κ3) is 3.68. The van der Waals surface area contributed by atoms with E-state index in [1.54, 1.807) is 6.07 Å². The number of halogens is 3. The smallest absolute Gasteiger partial charge is 0.268 e. The average molecular weight is 460 g/mol. The molecule has 0 amide bonds. The van der Waals surface area contributed by atoms with Crippen molar-refractivity contribution in [2.45, 2.75) is 4.90 Å². The van der Waals surface area contributed by atoms with Crippen molar-refractivity contribution in [1.29, 1.82) is 0 Å². The Bertz CT molecular complexity index is 786. The second kappa shape index (κ2) is 6.51. The first-order valence-corrected chi connectivity index (χ1v) is 8.69. The predicted octanol–water partition coefficient (Wildman–Crippen LogP) is 3.20. The number of anilines is 1. The molecule has 6 nitrogen and oxygen atoms in total. The highest BCUT2D eigenvalue weighted by atomic mass is 127. The van der Waals surface area contributed by atoms with Crippen LogP contribution in [-0.2, 0) is 10.0 Å². The van der Waals surface area contributed by atoms with Crippen LogP contribution >= 0.6 is 45.8 Å². The van der Waals surface area contributed by atoms with E-state index in [2.05, 4.69) is 14.7 Å². The number of hydrogen-bond donors (Lipinski definition) is 1. The third-order valence-corrected chi connectivity index (χ3v) is 5.48. The maximum atomic E-state index is 12.4. The summed E-state index contributed by atoms with van der Waals surface area (Å²) >= 11 is 13.8. The first kappa shape index (κ1) is 16.5. The van der Waals surface area contributed by atoms with Crippen LogP contribution in [0, 0.1) is 3.57 Å². The van der Waals surface area contributed by atoms with Gasteiger partial charge in [-0.05, 0) is 34.7 Å². The minimum atomic E-state index is -3.99. The van der Waals surface area contributed by atoms with E-state index in [1.807, 2.05) is 22.6 Å². The maximum Gasteiger partial charge on any atom is 0.268 e. The van der Waals surface area contributed by atoms with E-state index in [0.29, 0.717) is 3.57 Å². The van der Waals surface area contributed by atoms with E-state index in [0.717, 1.165) is 0 Å². The molecule has 10 heteroatoms. The summed E-state index contributed by atoms with van der Waals surface area (Å²) in [4.78, 5) is 7.52. The van der Waals surface area contributed by atoms with Gasteiger partial charge >= 0.3 is 0 Å². The monoisotopic (exact) mass is 459 g/mol. The number of aromatic nitrogens is 2. The van der Waals surface area contributed by atoms with Crippen molar-refractivity contribution in [2.75, 3.05) is 11.8 Å². The summed E-state index contributed by atoms with van der Waals surface area (Å²) in [6.07, 6.45) is 2.73. The van der Waals surface area contributed by atoms with Gasteiger partial charge in [0.2, 0.25) is 5.88 Å². The van der Waals surface area contributed by atoms with Crippen LogP contribution in [0.15, 0.2) is 29.4 Å². The molecule has 0 unspecified atom stereocenters. The first-order chi connectivity index (χ1) is 9.85. The van der Waals surface area contributed by atoms with Crippen LogP contribution in [0.1, 0.15) is 0 Å². The Kier molecular flexibility index (Phi) is 5.12. The molecule has 0 atom stereocenters. The van der Waals surface area contributed by atoms with Gasteiger partial charge in [0.1, 0.15) is 0 Å². The summed E-state index contributed by atoms with van der Waals surface area (Å²) in [5.74, 6) is -0.0563. The summed E-state index contributed by atoms with van der Waals surface area (Å²) < 4.78 is 32.7. The van der Waals surface area contributed by atoms with Crippen molar-refractivity contribution in [1.82, 2.24) is 9.97 Å². The van der Waals surface area contributed by atoms with E-state index in [9.17, 15) is 8.42 Å². The molecule has 1 N–H and O–H groups in total. The van der Waals surface area contributed by atoms with Crippen molar-refractivity contribution in [3.63, 3.8) is 0 Å². The normalized spacial score (nSPS) is 11.2. The van der Waals surface area contributed by atoms with Gasteiger partial charge in [0.25, 0.3) is 10.0 Å². The molecule has 112 valence electrons. The second-order valence-electron chi connectivity index (χ2n) is 3.72. The highest BCUT2D eigenvalue weighted by Gasteiger charge is 2.23. The summed E-state index contributed by atoms with van der Waals surface area (Å²) in [5.41, 5.74) is 0. The van der Waals surface area contributed by atoms with Crippen molar-refractivity contribution in [2.24, 2.45) is 0 Å². The quantitative estimate of drug-likeness (QED) is 0.710. The molecule has 0 aliphatic rings. The van der Waals surface area contributed by atoms with Crippen LogP contribution in [0.3, 0.4) is 0 Å². The summed E-state index contributed by atoms with van der Waals surface area (Å²) in [7, 11) is -2.68. The molecule has 0 saturated heterocycles. The molecule has 0 aromatic carbocycles. The molecular formula is C11H8Cl2IN3O3S. The van der Waals surface area contributed by atoms with Crippen LogP contribution in [0.4, 0.5) is 5.82 Å². The molecule has 2 heterocycles. The summed E-state index contributed by atoms with van der Waals surface area (Å²) in [5, 5.41) is 0.369. The van der Waals surface area contributed by atoms with E-state index < -0.39 is 10.0 Å². The van der Waals surface area contributed by atoms with Crippen LogP contribution in [0.2, 0.25) is 10.0 Å². The topological polar surface area (TPSA) is 81.2 Å². The minimum Gasteiger partial charge on any atom is -0.480 e. The van der Waals surface area contributed by atoms with Gasteiger partial charge in [-0.3, -0.25) is 4.72 Å². The highest BCUT2D eigenvalue weighted by molar-refractivity contribution is 14.1. The van der Waals surface area contributed by atoms with Gasteiger partial charge in [-0.25, -0.2) is 18.4 Å². The fourth-order valence-electron chi connectivity index (χ4n) is 1.43. The number of nitrogens with one attached hydrogen (secondary N) is 1. The Morgan fingerprint density at radius 3 is 2.71 bits per heavy atom. The van der Waals surface area contributed by atoms with E-state index in [4.69, 9.17) is 27.9 Å². The number of hydrogen-bond acceptors (Lipinski definition) is 5. The van der Waals surface area contributed by atoms with Gasteiger partial charge in [-0.15, -0.1) is 0 Å². The Labute approximate surface area is 145 Å².